The summed E-state index contributed by atoms with van der Waals surface area (Å²) in [5, 5.41) is 5.18. The largest absolute Gasteiger partial charge is 0.322 e. The summed E-state index contributed by atoms with van der Waals surface area (Å²) in [7, 11) is -3.81. The van der Waals surface area contributed by atoms with Gasteiger partial charge in [-0.1, -0.05) is 30.2 Å². The van der Waals surface area contributed by atoms with Crippen LogP contribution in [-0.2, 0) is 10.0 Å². The minimum absolute atomic E-state index is 0.0177. The number of fused-ring (bicyclic) bond motifs is 1. The van der Waals surface area contributed by atoms with E-state index in [4.69, 9.17) is 11.6 Å². The summed E-state index contributed by atoms with van der Waals surface area (Å²) in [6, 6.07) is 16.7. The number of sulfonamides is 1. The molecule has 114 valence electrons. The van der Waals surface area contributed by atoms with Gasteiger partial charge in [-0.2, -0.15) is 0 Å². The smallest absolute Gasteiger partial charge is 0.240 e. The number of primary sulfonamides is 1. The van der Waals surface area contributed by atoms with Crippen LogP contribution in [0.4, 0.5) is 0 Å². The molecule has 0 bridgehead atoms. The minimum Gasteiger partial charge on any atom is -0.322 e. The lowest BCUT2D eigenvalue weighted by molar-refractivity contribution is 0.597. The summed E-state index contributed by atoms with van der Waals surface area (Å²) >= 11 is 0. The number of hydrogen-bond donors (Lipinski definition) is 1. The Balaban J connectivity index is 0.000000213. The maximum atomic E-state index is 11.5. The van der Waals surface area contributed by atoms with E-state index in [0.717, 1.165) is 0 Å². The Morgan fingerprint density at radius 3 is 2.00 bits per heavy atom. The van der Waals surface area contributed by atoms with Gasteiger partial charge in [-0.15, -0.1) is 6.42 Å². The van der Waals surface area contributed by atoms with Gasteiger partial charge in [0.25, 0.3) is 0 Å². The molecule has 0 radical (unpaired) electrons. The van der Waals surface area contributed by atoms with E-state index in [2.05, 4.69) is 30.2 Å². The highest BCUT2D eigenvalue weighted by molar-refractivity contribution is 7.89. The quantitative estimate of drug-likeness (QED) is 0.577. The third-order valence-electron chi connectivity index (χ3n) is 3.44. The van der Waals surface area contributed by atoms with Crippen LogP contribution in [0, 0.1) is 12.3 Å². The van der Waals surface area contributed by atoms with Crippen molar-refractivity contribution < 1.29 is 8.42 Å². The Morgan fingerprint density at radius 1 is 0.957 bits per heavy atom. The number of hydrogen-bond acceptors (Lipinski definition) is 2. The molecule has 4 nitrogen and oxygen atoms in total. The van der Waals surface area contributed by atoms with E-state index < -0.39 is 10.0 Å². The van der Waals surface area contributed by atoms with Gasteiger partial charge in [0.1, 0.15) is 4.90 Å². The van der Waals surface area contributed by atoms with E-state index in [-0.39, 0.29) is 4.90 Å². The van der Waals surface area contributed by atoms with Crippen LogP contribution in [0.1, 0.15) is 5.56 Å². The first-order valence-corrected chi connectivity index (χ1v) is 8.41. The topological polar surface area (TPSA) is 65.1 Å². The molecule has 0 saturated heterocycles. The molecule has 1 aromatic heterocycles. The first-order valence-electron chi connectivity index (χ1n) is 6.87. The molecule has 5 heteroatoms. The maximum absolute atomic E-state index is 11.5. The standard InChI is InChI=1S/C12H10N2O2S.C6H4/c1-2-10-6-5-7-11(17(13,15)16)12(10)14-8-3-4-9-14;1-2-5-4-6(5)3-1/h1,3-9H,(H2,13,15,16);1-4H. The van der Waals surface area contributed by atoms with Crippen LogP contribution in [0.15, 0.2) is 71.9 Å². The molecular weight excluding hydrogens is 308 g/mol. The van der Waals surface area contributed by atoms with Gasteiger partial charge in [-0.3, -0.25) is 0 Å². The zero-order valence-electron chi connectivity index (χ0n) is 12.2. The molecule has 0 atom stereocenters. The molecule has 2 aliphatic carbocycles. The highest BCUT2D eigenvalue weighted by atomic mass is 32.2. The molecular formula is C18H14N2O2S. The summed E-state index contributed by atoms with van der Waals surface area (Å²) in [5.41, 5.74) is 3.74. The van der Waals surface area contributed by atoms with Crippen LogP contribution >= 0.6 is 0 Å². The molecule has 0 saturated carbocycles. The van der Waals surface area contributed by atoms with Crippen molar-refractivity contribution in [2.45, 2.75) is 4.90 Å². The van der Waals surface area contributed by atoms with Crippen LogP contribution in [0.3, 0.4) is 0 Å². The van der Waals surface area contributed by atoms with Gasteiger partial charge in [-0.25, -0.2) is 13.6 Å². The molecule has 0 unspecified atom stereocenters. The molecule has 0 spiro atoms. The van der Waals surface area contributed by atoms with E-state index in [1.165, 1.54) is 17.2 Å². The molecule has 23 heavy (non-hydrogen) atoms. The van der Waals surface area contributed by atoms with Crippen molar-refractivity contribution in [3.05, 3.63) is 72.6 Å². The number of terminal acetylenes is 1. The number of aromatic nitrogens is 1. The van der Waals surface area contributed by atoms with E-state index >= 15 is 0 Å². The third-order valence-corrected chi connectivity index (χ3v) is 4.38. The fourth-order valence-corrected chi connectivity index (χ4v) is 3.05. The first-order chi connectivity index (χ1) is 11.0. The summed E-state index contributed by atoms with van der Waals surface area (Å²) in [4.78, 5) is 0.0177. The van der Waals surface area contributed by atoms with Crippen molar-refractivity contribution in [3.8, 4) is 29.2 Å². The number of nitrogens with two attached hydrogens (primary N) is 1. The fourth-order valence-electron chi connectivity index (χ4n) is 2.29. The minimum atomic E-state index is -3.81. The monoisotopic (exact) mass is 322 g/mol. The predicted octanol–water partition coefficient (Wildman–Crippen LogP) is 2.77. The van der Waals surface area contributed by atoms with Crippen molar-refractivity contribution in [1.29, 1.82) is 0 Å². The van der Waals surface area contributed by atoms with Crippen molar-refractivity contribution in [3.63, 3.8) is 0 Å². The zero-order valence-corrected chi connectivity index (χ0v) is 13.0. The SMILES string of the molecule is C#Cc1cccc(S(N)(=O)=O)c1-n1cccc1.c1cc2cc-2c1. The second-order valence-corrected chi connectivity index (χ2v) is 6.54. The molecule has 0 fully saturated rings. The fraction of sp³-hybridized carbons (Fsp3) is 0. The molecule has 1 heterocycles. The van der Waals surface area contributed by atoms with E-state index in [9.17, 15) is 8.42 Å². The van der Waals surface area contributed by atoms with Crippen molar-refractivity contribution in [2.24, 2.45) is 5.14 Å². The van der Waals surface area contributed by atoms with Crippen LogP contribution in [0.25, 0.3) is 16.8 Å². The van der Waals surface area contributed by atoms with Crippen LogP contribution in [-0.4, -0.2) is 13.0 Å². The van der Waals surface area contributed by atoms with Crippen LogP contribution in [0.2, 0.25) is 0 Å². The zero-order chi connectivity index (χ0) is 16.4. The number of rotatable bonds is 2. The van der Waals surface area contributed by atoms with E-state index in [0.29, 0.717) is 11.3 Å². The van der Waals surface area contributed by atoms with E-state index in [1.54, 1.807) is 41.2 Å². The molecule has 2 aromatic rings. The Bertz CT molecular complexity index is 981. The summed E-state index contributed by atoms with van der Waals surface area (Å²) in [6.45, 7) is 0. The maximum Gasteiger partial charge on any atom is 0.240 e. The molecule has 2 N–H and O–H groups in total. The number of nitrogens with zero attached hydrogens (tertiary/aromatic N) is 1. The highest BCUT2D eigenvalue weighted by Crippen LogP contribution is 2.32. The van der Waals surface area contributed by atoms with Gasteiger partial charge >= 0.3 is 0 Å². The van der Waals surface area contributed by atoms with Crippen molar-refractivity contribution in [1.82, 2.24) is 4.57 Å². The van der Waals surface area contributed by atoms with E-state index in [1.807, 2.05) is 0 Å². The second kappa shape index (κ2) is 5.76. The summed E-state index contributed by atoms with van der Waals surface area (Å²) in [5.74, 6) is 2.46. The third kappa shape index (κ3) is 3.19. The highest BCUT2D eigenvalue weighted by Gasteiger charge is 2.17. The number of benzene rings is 2. The van der Waals surface area contributed by atoms with Gasteiger partial charge in [0.2, 0.25) is 10.0 Å². The Labute approximate surface area is 135 Å². The van der Waals surface area contributed by atoms with Crippen LogP contribution in [0.5, 0.6) is 0 Å². The van der Waals surface area contributed by atoms with Crippen LogP contribution < -0.4 is 5.14 Å². The predicted molar refractivity (Wildman–Crippen MR) is 90.5 cm³/mol. The average molecular weight is 322 g/mol. The normalized spacial score (nSPS) is 11.1. The second-order valence-electron chi connectivity index (χ2n) is 5.01. The Hall–Kier alpha value is -2.81. The first kappa shape index (κ1) is 15.1. The molecule has 4 rings (SSSR count). The Morgan fingerprint density at radius 2 is 1.57 bits per heavy atom. The van der Waals surface area contributed by atoms with Crippen molar-refractivity contribution >= 4 is 10.0 Å². The lowest BCUT2D eigenvalue weighted by Crippen LogP contribution is -2.15. The van der Waals surface area contributed by atoms with Gasteiger partial charge in [0, 0.05) is 18.0 Å². The summed E-state index contributed by atoms with van der Waals surface area (Å²) < 4.78 is 24.7. The molecule has 0 amide bonds. The van der Waals surface area contributed by atoms with Crippen molar-refractivity contribution in [2.75, 3.05) is 0 Å². The lowest BCUT2D eigenvalue weighted by atomic mass is 10.2. The molecule has 2 aliphatic rings. The molecule has 1 aromatic carbocycles. The van der Waals surface area contributed by atoms with Gasteiger partial charge in [0.15, 0.2) is 0 Å². The lowest BCUT2D eigenvalue weighted by Gasteiger charge is -2.11. The number of para-hydroxylation sites is 1. The summed E-state index contributed by atoms with van der Waals surface area (Å²) in [6.07, 6.45) is 8.80. The van der Waals surface area contributed by atoms with Gasteiger partial charge in [-0.05, 0) is 41.5 Å². The molecule has 0 aliphatic heterocycles. The average Bonchev–Trinajstić information content (AvgIpc) is 2.96. The Kier molecular flexibility index (Phi) is 3.78. The van der Waals surface area contributed by atoms with Gasteiger partial charge < -0.3 is 4.57 Å². The van der Waals surface area contributed by atoms with Gasteiger partial charge in [0.05, 0.1) is 5.69 Å².